The van der Waals surface area contributed by atoms with Gasteiger partial charge < -0.3 is 9.73 Å². The lowest BCUT2D eigenvalue weighted by molar-refractivity contribution is 0.493. The predicted octanol–water partition coefficient (Wildman–Crippen LogP) is 5.83. The summed E-state index contributed by atoms with van der Waals surface area (Å²) in [4.78, 5) is 8.76. The number of hydrogen-bond donors (Lipinski definition) is 1. The van der Waals surface area contributed by atoms with E-state index in [9.17, 15) is 8.78 Å². The van der Waals surface area contributed by atoms with E-state index in [-0.39, 0.29) is 24.5 Å². The highest BCUT2D eigenvalue weighted by molar-refractivity contribution is 5.94. The van der Waals surface area contributed by atoms with Crippen LogP contribution in [0.2, 0.25) is 0 Å². The van der Waals surface area contributed by atoms with Crippen molar-refractivity contribution in [1.82, 2.24) is 29.9 Å². The molecule has 3 aromatic heterocycles. The van der Waals surface area contributed by atoms with Crippen LogP contribution in [0.15, 0.2) is 71.5 Å². The van der Waals surface area contributed by atoms with Crippen molar-refractivity contribution in [2.24, 2.45) is 0 Å². The summed E-state index contributed by atoms with van der Waals surface area (Å²) in [5, 5.41) is 17.3. The van der Waals surface area contributed by atoms with Crippen molar-refractivity contribution in [3.63, 3.8) is 0 Å². The van der Waals surface area contributed by atoms with Crippen molar-refractivity contribution in [1.29, 1.82) is 0 Å². The summed E-state index contributed by atoms with van der Waals surface area (Å²) < 4.78 is 34.9. The summed E-state index contributed by atoms with van der Waals surface area (Å²) in [6.45, 7) is 1.86. The minimum atomic E-state index is -0.875. The minimum absolute atomic E-state index is 0. The molecular weight excluding hydrogens is 488 g/mol. The van der Waals surface area contributed by atoms with Crippen LogP contribution in [0.3, 0.4) is 0 Å². The lowest BCUT2D eigenvalue weighted by Crippen LogP contribution is -2.04. The number of fused-ring (bicyclic) bond motifs is 2. The topological polar surface area (TPSA) is 94.5 Å². The van der Waals surface area contributed by atoms with E-state index >= 15 is 0 Å². The summed E-state index contributed by atoms with van der Waals surface area (Å²) in [5.41, 5.74) is 3.33. The van der Waals surface area contributed by atoms with Crippen LogP contribution in [0.4, 0.5) is 20.3 Å². The molecule has 6 aromatic rings. The van der Waals surface area contributed by atoms with E-state index in [1.807, 2.05) is 36.4 Å². The standard InChI is InChI=1S/C25H17F2N7O.ClH/c1-14-32-33-25(35-14)15-5-7-21-19(10-15)24(29-13-28-21)31-18-6-8-22-17(9-18)11-30-34(22)12-16-3-2-4-20(26)23(16)27;/h2-11,13H,12H2,1H3,(H,28,29,31);1H. The molecule has 3 aromatic carbocycles. The maximum Gasteiger partial charge on any atom is 0.247 e. The van der Waals surface area contributed by atoms with Crippen LogP contribution in [0.5, 0.6) is 0 Å². The molecule has 1 N–H and O–H groups in total. The molecule has 0 spiro atoms. The quantitative estimate of drug-likeness (QED) is 0.315. The smallest absolute Gasteiger partial charge is 0.247 e. The average Bonchev–Trinajstić information content (AvgIpc) is 3.48. The normalized spacial score (nSPS) is 11.1. The highest BCUT2D eigenvalue weighted by Crippen LogP contribution is 2.29. The van der Waals surface area contributed by atoms with Crippen molar-refractivity contribution in [2.75, 3.05) is 5.32 Å². The fourth-order valence-corrected chi connectivity index (χ4v) is 3.96. The first kappa shape index (κ1) is 23.3. The molecule has 0 radical (unpaired) electrons. The number of aromatic nitrogens is 6. The van der Waals surface area contributed by atoms with Gasteiger partial charge in [0.1, 0.15) is 12.1 Å². The van der Waals surface area contributed by atoms with Gasteiger partial charge in [0, 0.05) is 34.5 Å². The maximum absolute atomic E-state index is 14.1. The number of nitrogens with one attached hydrogen (secondary N) is 1. The second-order valence-corrected chi connectivity index (χ2v) is 7.99. The van der Waals surface area contributed by atoms with Gasteiger partial charge in [-0.3, -0.25) is 4.68 Å². The Morgan fingerprint density at radius 3 is 2.72 bits per heavy atom. The Hall–Kier alpha value is -4.44. The first-order valence-corrected chi connectivity index (χ1v) is 10.8. The van der Waals surface area contributed by atoms with E-state index in [0.29, 0.717) is 17.6 Å². The van der Waals surface area contributed by atoms with Gasteiger partial charge in [-0.15, -0.1) is 22.6 Å². The third-order valence-corrected chi connectivity index (χ3v) is 5.66. The number of halogens is 3. The molecule has 0 amide bonds. The van der Waals surface area contributed by atoms with Gasteiger partial charge in [0.25, 0.3) is 0 Å². The van der Waals surface area contributed by atoms with Crippen LogP contribution in [-0.2, 0) is 6.54 Å². The number of benzene rings is 3. The third kappa shape index (κ3) is 4.22. The molecule has 0 saturated heterocycles. The fraction of sp³-hybridized carbons (Fsp3) is 0.0800. The lowest BCUT2D eigenvalue weighted by Gasteiger charge is -2.10. The molecule has 0 unspecified atom stereocenters. The van der Waals surface area contributed by atoms with Crippen LogP contribution in [0.1, 0.15) is 11.5 Å². The second kappa shape index (κ2) is 9.31. The minimum Gasteiger partial charge on any atom is -0.421 e. The summed E-state index contributed by atoms with van der Waals surface area (Å²) in [5.74, 6) is -0.221. The molecule has 180 valence electrons. The van der Waals surface area contributed by atoms with Gasteiger partial charge in [0.15, 0.2) is 11.6 Å². The first-order valence-electron chi connectivity index (χ1n) is 10.8. The van der Waals surface area contributed by atoms with Crippen LogP contribution >= 0.6 is 12.4 Å². The number of aryl methyl sites for hydroxylation is 1. The Balaban J connectivity index is 0.00000267. The summed E-state index contributed by atoms with van der Waals surface area (Å²) in [7, 11) is 0. The monoisotopic (exact) mass is 505 g/mol. The van der Waals surface area contributed by atoms with Crippen molar-refractivity contribution < 1.29 is 13.2 Å². The van der Waals surface area contributed by atoms with Crippen molar-refractivity contribution in [3.8, 4) is 11.5 Å². The zero-order valence-corrected chi connectivity index (χ0v) is 19.6. The summed E-state index contributed by atoms with van der Waals surface area (Å²) in [6.07, 6.45) is 3.18. The molecule has 36 heavy (non-hydrogen) atoms. The number of rotatable bonds is 5. The molecule has 8 nitrogen and oxygen atoms in total. The van der Waals surface area contributed by atoms with E-state index in [1.165, 1.54) is 12.4 Å². The number of anilines is 2. The van der Waals surface area contributed by atoms with Crippen molar-refractivity contribution >= 4 is 45.7 Å². The molecule has 11 heteroatoms. The zero-order valence-electron chi connectivity index (χ0n) is 18.8. The van der Waals surface area contributed by atoms with Crippen molar-refractivity contribution in [2.45, 2.75) is 13.5 Å². The van der Waals surface area contributed by atoms with Crippen LogP contribution < -0.4 is 5.32 Å². The van der Waals surface area contributed by atoms with Crippen LogP contribution in [-0.4, -0.2) is 29.9 Å². The van der Waals surface area contributed by atoms with Gasteiger partial charge in [-0.05, 0) is 42.5 Å². The molecule has 0 aliphatic rings. The number of nitrogens with zero attached hydrogens (tertiary/aromatic N) is 6. The Kier molecular flexibility index (Phi) is 6.03. The van der Waals surface area contributed by atoms with E-state index < -0.39 is 11.6 Å². The second-order valence-electron chi connectivity index (χ2n) is 7.99. The Morgan fingerprint density at radius 2 is 1.89 bits per heavy atom. The Bertz CT molecular complexity index is 1720. The molecule has 0 aliphatic heterocycles. The van der Waals surface area contributed by atoms with E-state index in [2.05, 4.69) is 30.6 Å². The molecular formula is C25H18ClF2N7O. The van der Waals surface area contributed by atoms with E-state index in [1.54, 1.807) is 23.9 Å². The van der Waals surface area contributed by atoms with Gasteiger partial charge in [-0.2, -0.15) is 5.10 Å². The lowest BCUT2D eigenvalue weighted by atomic mass is 10.1. The molecule has 3 heterocycles. The molecule has 0 saturated carbocycles. The first-order chi connectivity index (χ1) is 17.0. The van der Waals surface area contributed by atoms with Gasteiger partial charge in [0.05, 0.1) is 23.8 Å². The average molecular weight is 506 g/mol. The van der Waals surface area contributed by atoms with Crippen molar-refractivity contribution in [3.05, 3.63) is 90.2 Å². The Labute approximate surface area is 209 Å². The molecule has 0 fully saturated rings. The number of hydrogen-bond acceptors (Lipinski definition) is 7. The van der Waals surface area contributed by atoms with Crippen LogP contribution in [0.25, 0.3) is 33.3 Å². The summed E-state index contributed by atoms with van der Waals surface area (Å²) >= 11 is 0. The highest BCUT2D eigenvalue weighted by Gasteiger charge is 2.13. The maximum atomic E-state index is 14.1. The third-order valence-electron chi connectivity index (χ3n) is 5.66. The SMILES string of the molecule is Cc1nnc(-c2ccc3ncnc(Nc4ccc5c(cnn5Cc5cccc(F)c5F)c4)c3c2)o1.Cl. The van der Waals surface area contributed by atoms with Gasteiger partial charge in [-0.25, -0.2) is 18.7 Å². The molecule has 0 bridgehead atoms. The van der Waals surface area contributed by atoms with E-state index in [0.717, 1.165) is 39.1 Å². The fourth-order valence-electron chi connectivity index (χ4n) is 3.96. The predicted molar refractivity (Wildman–Crippen MR) is 133 cm³/mol. The molecule has 6 rings (SSSR count). The summed E-state index contributed by atoms with van der Waals surface area (Å²) in [6, 6.07) is 15.4. The van der Waals surface area contributed by atoms with Gasteiger partial charge in [0.2, 0.25) is 11.8 Å². The largest absolute Gasteiger partial charge is 0.421 e. The van der Waals surface area contributed by atoms with Crippen LogP contribution in [0, 0.1) is 18.6 Å². The Morgan fingerprint density at radius 1 is 1.00 bits per heavy atom. The molecule has 0 atom stereocenters. The highest BCUT2D eigenvalue weighted by atomic mass is 35.5. The zero-order chi connectivity index (χ0) is 23.9. The van der Waals surface area contributed by atoms with Gasteiger partial charge >= 0.3 is 0 Å². The molecule has 0 aliphatic carbocycles. The van der Waals surface area contributed by atoms with Gasteiger partial charge in [-0.1, -0.05) is 12.1 Å². The van der Waals surface area contributed by atoms with E-state index in [4.69, 9.17) is 4.42 Å².